The van der Waals surface area contributed by atoms with Crippen molar-refractivity contribution in [2.75, 3.05) is 26.2 Å². The molecule has 1 fully saturated rings. The van der Waals surface area contributed by atoms with E-state index in [-0.39, 0.29) is 26.2 Å². The normalized spacial score (nSPS) is 18.5. The van der Waals surface area contributed by atoms with Crippen LogP contribution in [0.1, 0.15) is 11.6 Å². The van der Waals surface area contributed by atoms with Crippen molar-refractivity contribution in [3.05, 3.63) is 34.6 Å². The van der Waals surface area contributed by atoms with Crippen LogP contribution in [0.3, 0.4) is 0 Å². The van der Waals surface area contributed by atoms with E-state index >= 15 is 0 Å². The number of nitrogens with zero attached hydrogens (tertiary/aromatic N) is 1. The Morgan fingerprint density at radius 3 is 1.59 bits per heavy atom. The molecule has 0 saturated carbocycles. The van der Waals surface area contributed by atoms with Gasteiger partial charge in [0.1, 0.15) is 6.04 Å². The van der Waals surface area contributed by atoms with E-state index in [9.17, 15) is 35.1 Å². The number of alkyl halides is 3. The average molecular weight is 334 g/mol. The molecular formula is C12H10F8N2. The smallest absolute Gasteiger partial charge is 0.314 e. The Morgan fingerprint density at radius 2 is 1.18 bits per heavy atom. The highest BCUT2D eigenvalue weighted by Crippen LogP contribution is 2.41. The van der Waals surface area contributed by atoms with Crippen molar-refractivity contribution in [1.29, 1.82) is 0 Å². The van der Waals surface area contributed by atoms with Crippen LogP contribution in [0, 0.1) is 29.1 Å². The van der Waals surface area contributed by atoms with E-state index in [1.807, 2.05) is 0 Å². The van der Waals surface area contributed by atoms with Gasteiger partial charge >= 0.3 is 6.18 Å². The van der Waals surface area contributed by atoms with Crippen LogP contribution in [0.25, 0.3) is 0 Å². The van der Waals surface area contributed by atoms with E-state index in [1.54, 1.807) is 0 Å². The fourth-order valence-corrected chi connectivity index (χ4v) is 2.36. The van der Waals surface area contributed by atoms with Gasteiger partial charge in [0.2, 0.25) is 5.82 Å². The van der Waals surface area contributed by atoms with Gasteiger partial charge in [0.25, 0.3) is 0 Å². The van der Waals surface area contributed by atoms with Crippen molar-refractivity contribution in [2.45, 2.75) is 12.2 Å². The lowest BCUT2D eigenvalue weighted by molar-refractivity contribution is -0.189. The van der Waals surface area contributed by atoms with Gasteiger partial charge in [-0.05, 0) is 0 Å². The van der Waals surface area contributed by atoms with Crippen LogP contribution in [0.4, 0.5) is 35.1 Å². The van der Waals surface area contributed by atoms with Gasteiger partial charge in [0.05, 0.1) is 5.56 Å². The molecule has 0 aromatic heterocycles. The summed E-state index contributed by atoms with van der Waals surface area (Å²) in [6.45, 7) is -0.294. The Morgan fingerprint density at radius 1 is 0.773 bits per heavy atom. The molecule has 10 heteroatoms. The lowest BCUT2D eigenvalue weighted by Crippen LogP contribution is -2.49. The SMILES string of the molecule is Fc1c(F)c(F)c([C@@H](N2CCNCC2)C(F)(F)F)c(F)c1F. The Hall–Kier alpha value is -1.42. The van der Waals surface area contributed by atoms with Crippen LogP contribution in [0.15, 0.2) is 0 Å². The number of hydrogen-bond acceptors (Lipinski definition) is 2. The van der Waals surface area contributed by atoms with Crippen molar-refractivity contribution in [2.24, 2.45) is 0 Å². The maximum atomic E-state index is 13.7. The van der Waals surface area contributed by atoms with E-state index in [2.05, 4.69) is 5.32 Å². The van der Waals surface area contributed by atoms with Crippen LogP contribution < -0.4 is 5.32 Å². The molecule has 1 aromatic rings. The van der Waals surface area contributed by atoms with Crippen LogP contribution in [-0.2, 0) is 0 Å². The summed E-state index contributed by atoms with van der Waals surface area (Å²) in [6, 6.07) is -2.90. The van der Waals surface area contributed by atoms with E-state index in [1.165, 1.54) is 0 Å². The lowest BCUT2D eigenvalue weighted by Gasteiger charge is -2.36. The molecule has 1 aromatic carbocycles. The molecule has 124 valence electrons. The van der Waals surface area contributed by atoms with E-state index in [0.717, 1.165) is 0 Å². The Bertz CT molecular complexity index is 536. The van der Waals surface area contributed by atoms with Gasteiger partial charge in [-0.3, -0.25) is 4.90 Å². The molecule has 0 bridgehead atoms. The molecule has 2 rings (SSSR count). The summed E-state index contributed by atoms with van der Waals surface area (Å²) < 4.78 is 106. The van der Waals surface area contributed by atoms with Gasteiger partial charge in [-0.2, -0.15) is 13.2 Å². The van der Waals surface area contributed by atoms with E-state index < -0.39 is 46.9 Å². The Labute approximate surface area is 119 Å². The highest BCUT2D eigenvalue weighted by Gasteiger charge is 2.49. The van der Waals surface area contributed by atoms with Crippen LogP contribution in [0.2, 0.25) is 0 Å². The highest BCUT2D eigenvalue weighted by molar-refractivity contribution is 5.28. The quantitative estimate of drug-likeness (QED) is 0.508. The van der Waals surface area contributed by atoms with Gasteiger partial charge in [-0.15, -0.1) is 0 Å². The summed E-state index contributed by atoms with van der Waals surface area (Å²) >= 11 is 0. The van der Waals surface area contributed by atoms with Crippen LogP contribution in [-0.4, -0.2) is 37.3 Å². The zero-order valence-electron chi connectivity index (χ0n) is 10.9. The Kier molecular flexibility index (Phi) is 4.62. The summed E-state index contributed by atoms with van der Waals surface area (Å²) in [5.74, 6) is -12.2. The van der Waals surface area contributed by atoms with Crippen molar-refractivity contribution in [3.8, 4) is 0 Å². The first kappa shape index (κ1) is 16.9. The maximum Gasteiger partial charge on any atom is 0.408 e. The maximum absolute atomic E-state index is 13.7. The van der Waals surface area contributed by atoms with Gasteiger partial charge in [-0.25, -0.2) is 22.0 Å². The van der Waals surface area contributed by atoms with Crippen LogP contribution in [0.5, 0.6) is 0 Å². The van der Waals surface area contributed by atoms with Gasteiger partial charge in [-0.1, -0.05) is 0 Å². The lowest BCUT2D eigenvalue weighted by atomic mass is 10.0. The second kappa shape index (κ2) is 5.99. The largest absolute Gasteiger partial charge is 0.408 e. The molecule has 2 nitrogen and oxygen atoms in total. The summed E-state index contributed by atoms with van der Waals surface area (Å²) in [4.78, 5) is 0.634. The predicted octanol–water partition coefficient (Wildman–Crippen LogP) is 2.89. The van der Waals surface area contributed by atoms with Gasteiger partial charge < -0.3 is 5.32 Å². The topological polar surface area (TPSA) is 15.3 Å². The van der Waals surface area contributed by atoms with Crippen molar-refractivity contribution < 1.29 is 35.1 Å². The number of rotatable bonds is 2. The number of nitrogens with one attached hydrogen (secondary N) is 1. The zero-order chi connectivity index (χ0) is 16.7. The average Bonchev–Trinajstić information content (AvgIpc) is 2.47. The highest BCUT2D eigenvalue weighted by atomic mass is 19.4. The minimum atomic E-state index is -5.20. The Balaban J connectivity index is 2.62. The number of hydrogen-bond donors (Lipinski definition) is 1. The van der Waals surface area contributed by atoms with E-state index in [0.29, 0.717) is 4.90 Å². The molecule has 22 heavy (non-hydrogen) atoms. The number of piperazine rings is 1. The molecule has 1 atom stereocenters. The minimum Gasteiger partial charge on any atom is -0.314 e. The first-order valence-corrected chi connectivity index (χ1v) is 6.19. The summed E-state index contributed by atoms with van der Waals surface area (Å²) in [7, 11) is 0. The standard InChI is InChI=1S/C12H10F8N2/c13-6-5(7(14)9(16)10(17)8(6)15)11(12(18,19)20)22-3-1-21-2-4-22/h11,21H,1-4H2/t11-/m1/s1. The summed E-state index contributed by atoms with van der Waals surface area (Å²) in [5.41, 5.74) is -1.87. The molecule has 0 unspecified atom stereocenters. The summed E-state index contributed by atoms with van der Waals surface area (Å²) in [6.07, 6.45) is -5.20. The molecule has 1 heterocycles. The first-order valence-electron chi connectivity index (χ1n) is 6.19. The minimum absolute atomic E-state index is 0.0992. The molecule has 0 amide bonds. The third-order valence-electron chi connectivity index (χ3n) is 3.34. The van der Waals surface area contributed by atoms with Crippen molar-refractivity contribution in [1.82, 2.24) is 10.2 Å². The first-order chi connectivity index (χ1) is 10.2. The number of halogens is 8. The fraction of sp³-hybridized carbons (Fsp3) is 0.500. The predicted molar refractivity (Wildman–Crippen MR) is 59.5 cm³/mol. The zero-order valence-corrected chi connectivity index (χ0v) is 10.9. The number of benzene rings is 1. The van der Waals surface area contributed by atoms with E-state index in [4.69, 9.17) is 0 Å². The molecular weight excluding hydrogens is 324 g/mol. The third kappa shape index (κ3) is 2.89. The molecule has 1 N–H and O–H groups in total. The molecule has 1 saturated heterocycles. The van der Waals surface area contributed by atoms with Crippen molar-refractivity contribution >= 4 is 0 Å². The molecule has 0 spiro atoms. The monoisotopic (exact) mass is 334 g/mol. The molecule has 0 aliphatic carbocycles. The van der Waals surface area contributed by atoms with Gasteiger partial charge in [0.15, 0.2) is 23.3 Å². The summed E-state index contributed by atoms with van der Waals surface area (Å²) in [5, 5.41) is 2.73. The van der Waals surface area contributed by atoms with Gasteiger partial charge in [0, 0.05) is 26.2 Å². The fourth-order valence-electron chi connectivity index (χ4n) is 2.36. The van der Waals surface area contributed by atoms with Crippen LogP contribution >= 0.6 is 0 Å². The molecule has 1 aliphatic rings. The molecule has 1 aliphatic heterocycles. The second-order valence-electron chi connectivity index (χ2n) is 4.71. The second-order valence-corrected chi connectivity index (χ2v) is 4.71. The van der Waals surface area contributed by atoms with Crippen molar-refractivity contribution in [3.63, 3.8) is 0 Å². The molecule has 0 radical (unpaired) electrons. The third-order valence-corrected chi connectivity index (χ3v) is 3.34.